The normalized spacial score (nSPS) is 24.7. The van der Waals surface area contributed by atoms with E-state index in [1.54, 1.807) is 18.2 Å². The van der Waals surface area contributed by atoms with Gasteiger partial charge in [-0.15, -0.1) is 0 Å². The summed E-state index contributed by atoms with van der Waals surface area (Å²) < 4.78 is 12.3. The number of ether oxygens (including phenoxy) is 2. The molecular weight excluding hydrogens is 425 g/mol. The van der Waals surface area contributed by atoms with Gasteiger partial charge in [-0.1, -0.05) is 23.2 Å². The van der Waals surface area contributed by atoms with Gasteiger partial charge in [-0.2, -0.15) is 0 Å². The molecule has 2 saturated heterocycles. The fourth-order valence-corrected chi connectivity index (χ4v) is 4.37. The third-order valence-electron chi connectivity index (χ3n) is 5.59. The Morgan fingerprint density at radius 1 is 1.23 bits per heavy atom. The highest BCUT2D eigenvalue weighted by Gasteiger charge is 2.43. The van der Waals surface area contributed by atoms with Crippen LogP contribution in [0.15, 0.2) is 42.7 Å². The number of halogens is 2. The fourth-order valence-electron chi connectivity index (χ4n) is 4.07. The van der Waals surface area contributed by atoms with Gasteiger partial charge in [0, 0.05) is 44.1 Å². The molecule has 4 rings (SSSR count). The number of carbonyl (C=O) groups is 1. The minimum Gasteiger partial charge on any atom is -0.377 e. The number of amides is 1. The molecule has 1 aromatic carbocycles. The summed E-state index contributed by atoms with van der Waals surface area (Å²) in [6, 6.07) is 8.94. The van der Waals surface area contributed by atoms with E-state index < -0.39 is 0 Å². The molecule has 160 valence electrons. The molecule has 8 heteroatoms. The van der Waals surface area contributed by atoms with Crippen molar-refractivity contribution in [3.05, 3.63) is 63.9 Å². The van der Waals surface area contributed by atoms with Gasteiger partial charge in [0.15, 0.2) is 0 Å². The maximum Gasteiger partial charge on any atom is 0.251 e. The average molecular weight is 450 g/mol. The van der Waals surface area contributed by atoms with Gasteiger partial charge in [0.1, 0.15) is 5.60 Å². The van der Waals surface area contributed by atoms with Crippen molar-refractivity contribution < 1.29 is 14.3 Å². The Morgan fingerprint density at radius 2 is 2.07 bits per heavy atom. The maximum atomic E-state index is 12.4. The molecule has 0 bridgehead atoms. The van der Waals surface area contributed by atoms with E-state index in [4.69, 9.17) is 32.7 Å². The van der Waals surface area contributed by atoms with Crippen LogP contribution in [0, 0.1) is 0 Å². The van der Waals surface area contributed by atoms with Crippen molar-refractivity contribution >= 4 is 29.1 Å². The molecule has 0 unspecified atom stereocenters. The largest absolute Gasteiger partial charge is 0.377 e. The summed E-state index contributed by atoms with van der Waals surface area (Å²) in [7, 11) is 0. The van der Waals surface area contributed by atoms with Crippen molar-refractivity contribution in [1.82, 2.24) is 15.2 Å². The van der Waals surface area contributed by atoms with E-state index in [1.165, 1.54) is 5.56 Å². The molecule has 0 radical (unpaired) electrons. The summed E-state index contributed by atoms with van der Waals surface area (Å²) in [6.45, 7) is 4.24. The number of rotatable bonds is 5. The van der Waals surface area contributed by atoms with E-state index in [0.717, 1.165) is 32.5 Å². The number of nitrogens with zero attached hydrogens (tertiary/aromatic N) is 2. The minimum absolute atomic E-state index is 0.0406. The molecule has 2 aliphatic heterocycles. The molecule has 2 atom stereocenters. The lowest BCUT2D eigenvalue weighted by atomic mass is 10.00. The van der Waals surface area contributed by atoms with Crippen LogP contribution in [0.4, 0.5) is 0 Å². The molecule has 0 aliphatic carbocycles. The van der Waals surface area contributed by atoms with Gasteiger partial charge in [0.25, 0.3) is 5.91 Å². The van der Waals surface area contributed by atoms with Crippen LogP contribution in [-0.2, 0) is 16.0 Å². The Morgan fingerprint density at radius 3 is 2.87 bits per heavy atom. The third kappa shape index (κ3) is 5.31. The molecule has 2 aromatic rings. The van der Waals surface area contributed by atoms with Gasteiger partial charge in [0.2, 0.25) is 0 Å². The quantitative estimate of drug-likeness (QED) is 0.755. The van der Waals surface area contributed by atoms with Crippen molar-refractivity contribution in [2.45, 2.75) is 31.1 Å². The second kappa shape index (κ2) is 9.62. The van der Waals surface area contributed by atoms with Crippen LogP contribution in [0.3, 0.4) is 0 Å². The highest BCUT2D eigenvalue weighted by Crippen LogP contribution is 2.33. The topological polar surface area (TPSA) is 63.7 Å². The molecule has 2 fully saturated rings. The van der Waals surface area contributed by atoms with E-state index in [1.807, 2.05) is 24.5 Å². The first-order valence-electron chi connectivity index (χ1n) is 10.1. The molecule has 1 N–H and O–H groups in total. The average Bonchev–Trinajstić information content (AvgIpc) is 3.03. The second-order valence-corrected chi connectivity index (χ2v) is 8.73. The number of hydrogen-bond acceptors (Lipinski definition) is 5. The number of carbonyl (C=O) groups excluding carboxylic acids is 1. The monoisotopic (exact) mass is 449 g/mol. The van der Waals surface area contributed by atoms with Crippen molar-refractivity contribution in [2.75, 3.05) is 32.8 Å². The smallest absolute Gasteiger partial charge is 0.251 e. The van der Waals surface area contributed by atoms with Crippen LogP contribution in [0.25, 0.3) is 0 Å². The first-order chi connectivity index (χ1) is 14.5. The molecule has 2 aliphatic rings. The van der Waals surface area contributed by atoms with Crippen LogP contribution in [0.1, 0.15) is 28.8 Å². The Labute approximate surface area is 186 Å². The molecule has 30 heavy (non-hydrogen) atoms. The summed E-state index contributed by atoms with van der Waals surface area (Å²) in [5, 5.41) is 3.74. The Balaban J connectivity index is 1.32. The van der Waals surface area contributed by atoms with Crippen LogP contribution in [-0.4, -0.2) is 60.3 Å². The zero-order valence-corrected chi connectivity index (χ0v) is 18.2. The van der Waals surface area contributed by atoms with Gasteiger partial charge in [-0.05, 0) is 48.7 Å². The highest BCUT2D eigenvalue weighted by molar-refractivity contribution is 6.42. The molecule has 6 nitrogen and oxygen atoms in total. The molecule has 0 saturated carbocycles. The maximum absolute atomic E-state index is 12.4. The fraction of sp³-hybridized carbons (Fsp3) is 0.455. The predicted molar refractivity (Wildman–Crippen MR) is 116 cm³/mol. The number of nitrogens with one attached hydrogen (secondary N) is 1. The number of hydrogen-bond donors (Lipinski definition) is 1. The van der Waals surface area contributed by atoms with Crippen LogP contribution >= 0.6 is 23.2 Å². The lowest BCUT2D eigenvalue weighted by molar-refractivity contribution is -0.0849. The van der Waals surface area contributed by atoms with Gasteiger partial charge in [-0.25, -0.2) is 0 Å². The van der Waals surface area contributed by atoms with Crippen LogP contribution in [0.2, 0.25) is 10.0 Å². The van der Waals surface area contributed by atoms with Crippen LogP contribution < -0.4 is 5.32 Å². The zero-order valence-electron chi connectivity index (χ0n) is 16.7. The summed E-state index contributed by atoms with van der Waals surface area (Å²) >= 11 is 11.9. The van der Waals surface area contributed by atoms with Crippen LogP contribution in [0.5, 0.6) is 0 Å². The van der Waals surface area contributed by atoms with Crippen molar-refractivity contribution in [3.63, 3.8) is 0 Å². The molecule has 1 spiro atoms. The first-order valence-corrected chi connectivity index (χ1v) is 10.9. The molecule has 1 amide bonds. The molecule has 3 heterocycles. The standard InChI is InChI=1S/C22H25Cl2N3O3/c23-19-2-1-17(11-20(19)24)21(28)26-12-18-3-6-22(30-18)14-27(9-10-29-15-22)13-16-4-7-25-8-5-16/h1-2,4-5,7-8,11,18H,3,6,9-10,12-15H2,(H,26,28)/t18-,22-/m1/s1. The minimum atomic E-state index is -0.331. The Hall–Kier alpha value is -1.70. The van der Waals surface area contributed by atoms with Crippen molar-refractivity contribution in [3.8, 4) is 0 Å². The molecule has 1 aromatic heterocycles. The van der Waals surface area contributed by atoms with E-state index in [9.17, 15) is 4.79 Å². The number of pyridine rings is 1. The SMILES string of the molecule is O=C(NC[C@H]1CC[C@@]2(COCCN(Cc3ccncc3)C2)O1)c1ccc(Cl)c(Cl)c1. The van der Waals surface area contributed by atoms with Crippen molar-refractivity contribution in [2.24, 2.45) is 0 Å². The molecular formula is C22H25Cl2N3O3. The summed E-state index contributed by atoms with van der Waals surface area (Å²) in [5.74, 6) is -0.186. The third-order valence-corrected chi connectivity index (χ3v) is 6.33. The second-order valence-electron chi connectivity index (χ2n) is 7.92. The van der Waals surface area contributed by atoms with E-state index in [2.05, 4.69) is 15.2 Å². The Kier molecular flexibility index (Phi) is 6.91. The lowest BCUT2D eigenvalue weighted by Crippen LogP contribution is -2.45. The predicted octanol–water partition coefficient (Wildman–Crippen LogP) is 3.57. The number of aromatic nitrogens is 1. The summed E-state index contributed by atoms with van der Waals surface area (Å²) in [6.07, 6.45) is 5.39. The first kappa shape index (κ1) is 21.5. The number of benzene rings is 1. The van der Waals surface area contributed by atoms with Gasteiger partial charge in [-0.3, -0.25) is 14.7 Å². The summed E-state index contributed by atoms with van der Waals surface area (Å²) in [5.41, 5.74) is 1.38. The van der Waals surface area contributed by atoms with Gasteiger partial charge in [0.05, 0.1) is 29.4 Å². The van der Waals surface area contributed by atoms with E-state index in [-0.39, 0.29) is 17.6 Å². The Bertz CT molecular complexity index is 883. The zero-order chi connectivity index (χ0) is 21.0. The van der Waals surface area contributed by atoms with Gasteiger partial charge < -0.3 is 14.8 Å². The van der Waals surface area contributed by atoms with E-state index in [0.29, 0.717) is 35.4 Å². The summed E-state index contributed by atoms with van der Waals surface area (Å²) in [4.78, 5) is 18.9. The highest BCUT2D eigenvalue weighted by atomic mass is 35.5. The van der Waals surface area contributed by atoms with E-state index >= 15 is 0 Å². The van der Waals surface area contributed by atoms with Gasteiger partial charge >= 0.3 is 0 Å². The lowest BCUT2D eigenvalue weighted by Gasteiger charge is -2.32. The van der Waals surface area contributed by atoms with Crippen molar-refractivity contribution in [1.29, 1.82) is 0 Å².